The van der Waals surface area contributed by atoms with Gasteiger partial charge in [0.25, 0.3) is 0 Å². The molecule has 4 nitrogen and oxygen atoms in total. The van der Waals surface area contributed by atoms with Crippen molar-refractivity contribution in [2.75, 3.05) is 39.5 Å². The molecule has 0 aromatic carbocycles. The van der Waals surface area contributed by atoms with Crippen molar-refractivity contribution in [3.63, 3.8) is 0 Å². The van der Waals surface area contributed by atoms with E-state index in [0.717, 1.165) is 26.3 Å². The summed E-state index contributed by atoms with van der Waals surface area (Å²) in [4.78, 5) is 2.25. The highest BCUT2D eigenvalue weighted by molar-refractivity contribution is 4.84. The first-order valence-corrected chi connectivity index (χ1v) is 4.45. The normalized spacial score (nSPS) is 38.8. The van der Waals surface area contributed by atoms with Crippen LogP contribution in [0.15, 0.2) is 0 Å². The van der Waals surface area contributed by atoms with E-state index in [1.807, 2.05) is 0 Å². The van der Waals surface area contributed by atoms with E-state index in [-0.39, 0.29) is 12.1 Å². The van der Waals surface area contributed by atoms with Crippen LogP contribution in [-0.4, -0.2) is 61.7 Å². The van der Waals surface area contributed by atoms with Crippen LogP contribution in [0.1, 0.15) is 0 Å². The molecule has 0 aromatic rings. The Morgan fingerprint density at radius 2 is 1.83 bits per heavy atom. The fourth-order valence-electron chi connectivity index (χ4n) is 1.79. The summed E-state index contributed by atoms with van der Waals surface area (Å²) in [7, 11) is 0. The largest absolute Gasteiger partial charge is 0.389 e. The highest BCUT2D eigenvalue weighted by Crippen LogP contribution is 2.14. The summed E-state index contributed by atoms with van der Waals surface area (Å²) in [5.74, 6) is 0. The van der Waals surface area contributed by atoms with Crippen molar-refractivity contribution in [2.45, 2.75) is 12.1 Å². The first kappa shape index (κ1) is 8.44. The quantitative estimate of drug-likeness (QED) is 0.557. The summed E-state index contributed by atoms with van der Waals surface area (Å²) < 4.78 is 10.4. The molecule has 0 aliphatic carbocycles. The Morgan fingerprint density at radius 1 is 1.08 bits per heavy atom. The molecule has 2 fully saturated rings. The summed E-state index contributed by atoms with van der Waals surface area (Å²) in [6, 6.07) is 0.203. The van der Waals surface area contributed by atoms with Gasteiger partial charge in [-0.05, 0) is 0 Å². The SMILES string of the molecule is O[C@H]1COC[C@@H]1N1CCOCC1. The summed E-state index contributed by atoms with van der Waals surface area (Å²) >= 11 is 0. The molecular weight excluding hydrogens is 158 g/mol. The molecule has 2 aliphatic rings. The van der Waals surface area contributed by atoms with Crippen molar-refractivity contribution in [2.24, 2.45) is 0 Å². The fraction of sp³-hybridized carbons (Fsp3) is 1.00. The number of morpholine rings is 1. The molecule has 2 saturated heterocycles. The molecule has 2 atom stereocenters. The van der Waals surface area contributed by atoms with Gasteiger partial charge in [0.05, 0.1) is 38.6 Å². The molecule has 0 aromatic heterocycles. The molecule has 0 unspecified atom stereocenters. The van der Waals surface area contributed by atoms with Crippen LogP contribution in [0, 0.1) is 0 Å². The van der Waals surface area contributed by atoms with Crippen LogP contribution in [0.4, 0.5) is 0 Å². The number of rotatable bonds is 1. The van der Waals surface area contributed by atoms with Gasteiger partial charge < -0.3 is 14.6 Å². The number of aliphatic hydroxyl groups is 1. The predicted molar refractivity (Wildman–Crippen MR) is 43.0 cm³/mol. The molecule has 0 spiro atoms. The van der Waals surface area contributed by atoms with E-state index in [9.17, 15) is 5.11 Å². The standard InChI is InChI=1S/C8H15NO3/c10-8-6-12-5-7(8)9-1-3-11-4-2-9/h7-8,10H,1-6H2/t7-,8-/m0/s1. The van der Waals surface area contributed by atoms with Gasteiger partial charge in [0, 0.05) is 13.1 Å². The molecule has 12 heavy (non-hydrogen) atoms. The molecule has 0 radical (unpaired) electrons. The minimum Gasteiger partial charge on any atom is -0.389 e. The molecular formula is C8H15NO3. The molecule has 0 amide bonds. The van der Waals surface area contributed by atoms with Gasteiger partial charge in [-0.15, -0.1) is 0 Å². The van der Waals surface area contributed by atoms with Gasteiger partial charge in [0.15, 0.2) is 0 Å². The molecule has 2 aliphatic heterocycles. The second-order valence-electron chi connectivity index (χ2n) is 3.32. The molecule has 2 heterocycles. The van der Waals surface area contributed by atoms with Crippen molar-refractivity contribution in [1.29, 1.82) is 0 Å². The maximum atomic E-state index is 9.53. The lowest BCUT2D eigenvalue weighted by molar-refractivity contribution is -0.00667. The average molecular weight is 173 g/mol. The van der Waals surface area contributed by atoms with Crippen LogP contribution >= 0.6 is 0 Å². The number of hydrogen-bond donors (Lipinski definition) is 1. The Labute approximate surface area is 72.1 Å². The van der Waals surface area contributed by atoms with E-state index in [1.54, 1.807) is 0 Å². The van der Waals surface area contributed by atoms with E-state index >= 15 is 0 Å². The smallest absolute Gasteiger partial charge is 0.0950 e. The molecule has 2 rings (SSSR count). The first-order valence-electron chi connectivity index (χ1n) is 4.45. The third-order valence-corrected chi connectivity index (χ3v) is 2.54. The topological polar surface area (TPSA) is 41.9 Å². The Hall–Kier alpha value is -0.160. The van der Waals surface area contributed by atoms with Gasteiger partial charge in [-0.25, -0.2) is 0 Å². The second kappa shape index (κ2) is 3.70. The summed E-state index contributed by atoms with van der Waals surface area (Å²) in [6.45, 7) is 4.56. The van der Waals surface area contributed by atoms with Crippen LogP contribution in [0.25, 0.3) is 0 Å². The number of aliphatic hydroxyl groups excluding tert-OH is 1. The van der Waals surface area contributed by atoms with Crippen LogP contribution in [0.3, 0.4) is 0 Å². The highest BCUT2D eigenvalue weighted by atomic mass is 16.5. The van der Waals surface area contributed by atoms with Gasteiger partial charge in [0.2, 0.25) is 0 Å². The van der Waals surface area contributed by atoms with Crippen LogP contribution in [0.5, 0.6) is 0 Å². The average Bonchev–Trinajstić information content (AvgIpc) is 2.53. The maximum absolute atomic E-state index is 9.53. The Kier molecular flexibility index (Phi) is 2.60. The molecule has 0 bridgehead atoms. The fourth-order valence-corrected chi connectivity index (χ4v) is 1.79. The zero-order chi connectivity index (χ0) is 8.39. The Balaban J connectivity index is 1.89. The van der Waals surface area contributed by atoms with Gasteiger partial charge >= 0.3 is 0 Å². The van der Waals surface area contributed by atoms with E-state index in [0.29, 0.717) is 13.2 Å². The minimum absolute atomic E-state index is 0.203. The summed E-state index contributed by atoms with van der Waals surface area (Å²) in [5.41, 5.74) is 0. The first-order chi connectivity index (χ1) is 5.88. The van der Waals surface area contributed by atoms with Gasteiger partial charge in [-0.1, -0.05) is 0 Å². The molecule has 4 heteroatoms. The van der Waals surface area contributed by atoms with E-state index in [4.69, 9.17) is 9.47 Å². The summed E-state index contributed by atoms with van der Waals surface area (Å²) in [5, 5.41) is 9.53. The lowest BCUT2D eigenvalue weighted by Gasteiger charge is -2.32. The lowest BCUT2D eigenvalue weighted by Crippen LogP contribution is -2.48. The third-order valence-electron chi connectivity index (χ3n) is 2.54. The van der Waals surface area contributed by atoms with Crippen LogP contribution in [-0.2, 0) is 9.47 Å². The van der Waals surface area contributed by atoms with E-state index in [1.165, 1.54) is 0 Å². The molecule has 1 N–H and O–H groups in total. The van der Waals surface area contributed by atoms with Gasteiger partial charge in [-0.2, -0.15) is 0 Å². The van der Waals surface area contributed by atoms with Crippen LogP contribution in [0.2, 0.25) is 0 Å². The van der Waals surface area contributed by atoms with Crippen molar-refractivity contribution in [1.82, 2.24) is 4.90 Å². The predicted octanol–water partition coefficient (Wildman–Crippen LogP) is -0.922. The molecule has 0 saturated carbocycles. The van der Waals surface area contributed by atoms with Crippen molar-refractivity contribution in [3.05, 3.63) is 0 Å². The Morgan fingerprint density at radius 3 is 2.42 bits per heavy atom. The van der Waals surface area contributed by atoms with Crippen LogP contribution < -0.4 is 0 Å². The minimum atomic E-state index is -0.303. The second-order valence-corrected chi connectivity index (χ2v) is 3.32. The third kappa shape index (κ3) is 1.61. The van der Waals surface area contributed by atoms with Crippen molar-refractivity contribution in [3.8, 4) is 0 Å². The zero-order valence-electron chi connectivity index (χ0n) is 7.11. The summed E-state index contributed by atoms with van der Waals surface area (Å²) in [6.07, 6.45) is -0.303. The van der Waals surface area contributed by atoms with Gasteiger partial charge in [0.1, 0.15) is 0 Å². The molecule has 70 valence electrons. The monoisotopic (exact) mass is 173 g/mol. The van der Waals surface area contributed by atoms with Gasteiger partial charge in [-0.3, -0.25) is 4.90 Å². The van der Waals surface area contributed by atoms with E-state index in [2.05, 4.69) is 4.90 Å². The Bertz CT molecular complexity index is 147. The van der Waals surface area contributed by atoms with Crippen molar-refractivity contribution < 1.29 is 14.6 Å². The zero-order valence-corrected chi connectivity index (χ0v) is 7.11. The lowest BCUT2D eigenvalue weighted by atomic mass is 10.2. The van der Waals surface area contributed by atoms with Crippen molar-refractivity contribution >= 4 is 0 Å². The number of ether oxygens (including phenoxy) is 2. The number of hydrogen-bond acceptors (Lipinski definition) is 4. The highest BCUT2D eigenvalue weighted by Gasteiger charge is 2.32. The van der Waals surface area contributed by atoms with E-state index < -0.39 is 0 Å². The number of nitrogens with zero attached hydrogens (tertiary/aromatic N) is 1. The maximum Gasteiger partial charge on any atom is 0.0950 e.